The van der Waals surface area contributed by atoms with E-state index in [1.165, 1.54) is 0 Å². The van der Waals surface area contributed by atoms with Crippen LogP contribution < -0.4 is 0 Å². The summed E-state index contributed by atoms with van der Waals surface area (Å²) in [6.45, 7) is 3.63. The van der Waals surface area contributed by atoms with Gasteiger partial charge in [0.1, 0.15) is 6.10 Å². The minimum absolute atomic E-state index is 0.554. The lowest BCUT2D eigenvalue weighted by molar-refractivity contribution is 0.0684. The van der Waals surface area contributed by atoms with E-state index in [0.717, 1.165) is 0 Å². The number of hydrogen-bond donors (Lipinski definition) is 1. The second-order valence-corrected chi connectivity index (χ2v) is 3.54. The summed E-state index contributed by atoms with van der Waals surface area (Å²) in [4.78, 5) is 4.04. The van der Waals surface area contributed by atoms with E-state index < -0.39 is 11.5 Å². The third kappa shape index (κ3) is 1.91. The molecular weight excluding hydrogens is 176 g/mol. The van der Waals surface area contributed by atoms with E-state index in [9.17, 15) is 5.11 Å². The summed E-state index contributed by atoms with van der Waals surface area (Å²) < 4.78 is 0. The highest BCUT2D eigenvalue weighted by Crippen LogP contribution is 2.34. The summed E-state index contributed by atoms with van der Waals surface area (Å²) >= 11 is 0. The second-order valence-electron chi connectivity index (χ2n) is 3.54. The maximum absolute atomic E-state index is 9.95. The molecule has 0 aliphatic heterocycles. The van der Waals surface area contributed by atoms with Gasteiger partial charge in [0.2, 0.25) is 0 Å². The van der Waals surface area contributed by atoms with Crippen LogP contribution in [0.5, 0.6) is 0 Å². The smallest absolute Gasteiger partial charge is 0.114 e. The first-order valence-corrected chi connectivity index (χ1v) is 4.64. The Morgan fingerprint density at radius 2 is 2.36 bits per heavy atom. The monoisotopic (exact) mass is 190 g/mol. The van der Waals surface area contributed by atoms with Crippen LogP contribution in [0.3, 0.4) is 0 Å². The predicted molar refractivity (Wildman–Crippen MR) is 53.2 cm³/mol. The van der Waals surface area contributed by atoms with E-state index in [-0.39, 0.29) is 0 Å². The lowest BCUT2D eigenvalue weighted by Crippen LogP contribution is -2.23. The Labute approximate surface area is 84.0 Å². The summed E-state index contributed by atoms with van der Waals surface area (Å²) in [5.74, 6) is 0. The second kappa shape index (κ2) is 4.21. The standard InChI is InChI=1S/C11H14N2O/c1-3-11(2,8-12)10(14)9-6-4-5-7-13-9/h4-7,10,14H,3H2,1-2H3. The van der Waals surface area contributed by atoms with Crippen molar-refractivity contribution >= 4 is 0 Å². The van der Waals surface area contributed by atoms with Crippen LogP contribution in [0.25, 0.3) is 0 Å². The lowest BCUT2D eigenvalue weighted by Gasteiger charge is -2.25. The van der Waals surface area contributed by atoms with Crippen molar-refractivity contribution in [3.63, 3.8) is 0 Å². The first-order valence-electron chi connectivity index (χ1n) is 4.64. The fraction of sp³-hybridized carbons (Fsp3) is 0.455. The average Bonchev–Trinajstić information content (AvgIpc) is 2.28. The summed E-state index contributed by atoms with van der Waals surface area (Å²) in [6.07, 6.45) is 1.39. The Balaban J connectivity index is 2.96. The van der Waals surface area contributed by atoms with Gasteiger partial charge >= 0.3 is 0 Å². The van der Waals surface area contributed by atoms with Gasteiger partial charge in [0, 0.05) is 6.20 Å². The van der Waals surface area contributed by atoms with Crippen LogP contribution in [0.4, 0.5) is 0 Å². The number of aromatic nitrogens is 1. The molecule has 1 N–H and O–H groups in total. The van der Waals surface area contributed by atoms with Gasteiger partial charge in [-0.05, 0) is 25.5 Å². The minimum atomic E-state index is -0.821. The van der Waals surface area contributed by atoms with Crippen molar-refractivity contribution in [2.45, 2.75) is 26.4 Å². The van der Waals surface area contributed by atoms with Gasteiger partial charge < -0.3 is 5.11 Å². The molecule has 0 amide bonds. The van der Waals surface area contributed by atoms with E-state index in [1.54, 1.807) is 31.3 Å². The highest BCUT2D eigenvalue weighted by Gasteiger charge is 2.33. The topological polar surface area (TPSA) is 56.9 Å². The van der Waals surface area contributed by atoms with Gasteiger partial charge in [0.05, 0.1) is 17.2 Å². The molecule has 3 heteroatoms. The number of aliphatic hydroxyl groups excluding tert-OH is 1. The Morgan fingerprint density at radius 3 is 2.79 bits per heavy atom. The van der Waals surface area contributed by atoms with Crippen molar-refractivity contribution in [2.24, 2.45) is 5.41 Å². The minimum Gasteiger partial charge on any atom is -0.385 e. The quantitative estimate of drug-likeness (QED) is 0.793. The maximum atomic E-state index is 9.95. The molecule has 2 atom stereocenters. The number of hydrogen-bond acceptors (Lipinski definition) is 3. The zero-order valence-electron chi connectivity index (χ0n) is 8.44. The van der Waals surface area contributed by atoms with E-state index in [0.29, 0.717) is 12.1 Å². The summed E-state index contributed by atoms with van der Waals surface area (Å²) in [7, 11) is 0. The molecule has 0 aliphatic carbocycles. The average molecular weight is 190 g/mol. The Bertz CT molecular complexity index is 331. The first kappa shape index (κ1) is 10.7. The molecule has 0 radical (unpaired) electrons. The molecular formula is C11H14N2O. The van der Waals surface area contributed by atoms with E-state index in [1.807, 2.05) is 6.92 Å². The molecule has 0 fully saturated rings. The fourth-order valence-electron chi connectivity index (χ4n) is 1.20. The highest BCUT2D eigenvalue weighted by molar-refractivity contribution is 5.14. The molecule has 0 saturated carbocycles. The maximum Gasteiger partial charge on any atom is 0.114 e. The molecule has 1 aromatic rings. The van der Waals surface area contributed by atoms with Gasteiger partial charge in [-0.3, -0.25) is 4.98 Å². The Hall–Kier alpha value is -1.40. The van der Waals surface area contributed by atoms with Gasteiger partial charge in [-0.25, -0.2) is 0 Å². The van der Waals surface area contributed by atoms with Gasteiger partial charge in [-0.2, -0.15) is 5.26 Å². The molecule has 1 rings (SSSR count). The Morgan fingerprint density at radius 1 is 1.64 bits per heavy atom. The van der Waals surface area contributed by atoms with Gasteiger partial charge in [0.25, 0.3) is 0 Å². The van der Waals surface area contributed by atoms with Crippen LogP contribution in [0.2, 0.25) is 0 Å². The molecule has 0 bridgehead atoms. The molecule has 3 nitrogen and oxygen atoms in total. The van der Waals surface area contributed by atoms with Gasteiger partial charge in [-0.15, -0.1) is 0 Å². The zero-order valence-corrected chi connectivity index (χ0v) is 8.44. The molecule has 0 spiro atoms. The molecule has 14 heavy (non-hydrogen) atoms. The number of rotatable bonds is 3. The molecule has 0 aliphatic rings. The number of nitrogens with zero attached hydrogens (tertiary/aromatic N) is 2. The highest BCUT2D eigenvalue weighted by atomic mass is 16.3. The van der Waals surface area contributed by atoms with Crippen molar-refractivity contribution < 1.29 is 5.11 Å². The summed E-state index contributed by atoms with van der Waals surface area (Å²) in [6, 6.07) is 7.46. The molecule has 1 heterocycles. The fourth-order valence-corrected chi connectivity index (χ4v) is 1.20. The summed E-state index contributed by atoms with van der Waals surface area (Å²) in [5, 5.41) is 18.9. The van der Waals surface area contributed by atoms with Crippen molar-refractivity contribution in [2.75, 3.05) is 0 Å². The summed E-state index contributed by atoms with van der Waals surface area (Å²) in [5.41, 5.74) is -0.202. The lowest BCUT2D eigenvalue weighted by atomic mass is 9.81. The van der Waals surface area contributed by atoms with Gasteiger partial charge in [0.15, 0.2) is 0 Å². The zero-order chi connectivity index (χ0) is 10.6. The van der Waals surface area contributed by atoms with Crippen LogP contribution in [0, 0.1) is 16.7 Å². The molecule has 2 unspecified atom stereocenters. The molecule has 0 aromatic carbocycles. The van der Waals surface area contributed by atoms with Crippen molar-refractivity contribution in [1.82, 2.24) is 4.98 Å². The van der Waals surface area contributed by atoms with Crippen LogP contribution in [-0.4, -0.2) is 10.1 Å². The van der Waals surface area contributed by atoms with Crippen LogP contribution in [0.1, 0.15) is 32.1 Å². The van der Waals surface area contributed by atoms with Crippen LogP contribution in [-0.2, 0) is 0 Å². The van der Waals surface area contributed by atoms with E-state index in [2.05, 4.69) is 11.1 Å². The number of pyridine rings is 1. The molecule has 1 aromatic heterocycles. The van der Waals surface area contributed by atoms with Crippen molar-refractivity contribution in [3.05, 3.63) is 30.1 Å². The van der Waals surface area contributed by atoms with E-state index >= 15 is 0 Å². The Kier molecular flexibility index (Phi) is 3.21. The third-order valence-corrected chi connectivity index (χ3v) is 2.56. The number of nitriles is 1. The molecule has 74 valence electrons. The SMILES string of the molecule is CCC(C)(C#N)C(O)c1ccccn1. The van der Waals surface area contributed by atoms with Crippen molar-refractivity contribution in [3.8, 4) is 6.07 Å². The molecule has 0 saturated heterocycles. The van der Waals surface area contributed by atoms with Gasteiger partial charge in [-0.1, -0.05) is 13.0 Å². The van der Waals surface area contributed by atoms with Crippen LogP contribution >= 0.6 is 0 Å². The van der Waals surface area contributed by atoms with Crippen LogP contribution in [0.15, 0.2) is 24.4 Å². The van der Waals surface area contributed by atoms with Crippen molar-refractivity contribution in [1.29, 1.82) is 5.26 Å². The number of aliphatic hydroxyl groups is 1. The normalized spacial score (nSPS) is 16.7. The third-order valence-electron chi connectivity index (χ3n) is 2.56. The first-order chi connectivity index (χ1) is 6.64. The predicted octanol–water partition coefficient (Wildman–Crippen LogP) is 2.05. The largest absolute Gasteiger partial charge is 0.385 e. The van der Waals surface area contributed by atoms with E-state index in [4.69, 9.17) is 5.26 Å².